The molecule has 1 aromatic carbocycles. The van der Waals surface area contributed by atoms with Crippen molar-refractivity contribution in [3.63, 3.8) is 0 Å². The highest BCUT2D eigenvalue weighted by molar-refractivity contribution is 5.66. The van der Waals surface area contributed by atoms with Crippen molar-refractivity contribution in [3.05, 3.63) is 29.8 Å². The van der Waals surface area contributed by atoms with Crippen LogP contribution in [0.3, 0.4) is 0 Å². The third-order valence-electron chi connectivity index (χ3n) is 2.65. The number of benzene rings is 1. The maximum atomic E-state index is 11.1. The summed E-state index contributed by atoms with van der Waals surface area (Å²) < 4.78 is 0. The molecule has 0 saturated carbocycles. The molecule has 1 amide bonds. The van der Waals surface area contributed by atoms with Gasteiger partial charge in [-0.25, -0.2) is 4.79 Å². The van der Waals surface area contributed by atoms with E-state index in [9.17, 15) is 9.90 Å². The number of para-hydroxylation sites is 1. The van der Waals surface area contributed by atoms with Gasteiger partial charge in [0, 0.05) is 12.1 Å². The summed E-state index contributed by atoms with van der Waals surface area (Å²) in [6.07, 6.45) is -0.571. The molecule has 5 nitrogen and oxygen atoms in total. The van der Waals surface area contributed by atoms with Crippen molar-refractivity contribution in [1.29, 1.82) is 0 Å². The SMILES string of the molecule is CCC(c1ccccc1O)N(CCO)C(=O)O. The van der Waals surface area contributed by atoms with E-state index in [0.717, 1.165) is 4.90 Å². The zero-order valence-corrected chi connectivity index (χ0v) is 9.71. The van der Waals surface area contributed by atoms with Crippen LogP contribution in [0, 0.1) is 0 Å². The normalized spacial score (nSPS) is 12.1. The smallest absolute Gasteiger partial charge is 0.407 e. The molecule has 0 aliphatic heterocycles. The van der Waals surface area contributed by atoms with Crippen molar-refractivity contribution >= 4 is 6.09 Å². The topological polar surface area (TPSA) is 81.0 Å². The van der Waals surface area contributed by atoms with Gasteiger partial charge in [-0.1, -0.05) is 25.1 Å². The summed E-state index contributed by atoms with van der Waals surface area (Å²) in [4.78, 5) is 12.2. The van der Waals surface area contributed by atoms with E-state index in [4.69, 9.17) is 10.2 Å². The molecule has 0 radical (unpaired) electrons. The third kappa shape index (κ3) is 3.10. The highest BCUT2D eigenvalue weighted by Gasteiger charge is 2.24. The Balaban J connectivity index is 3.04. The summed E-state index contributed by atoms with van der Waals surface area (Å²) in [5.41, 5.74) is 0.561. The van der Waals surface area contributed by atoms with E-state index >= 15 is 0 Å². The number of nitrogens with zero attached hydrogens (tertiary/aromatic N) is 1. The van der Waals surface area contributed by atoms with Crippen LogP contribution < -0.4 is 0 Å². The van der Waals surface area contributed by atoms with Crippen molar-refractivity contribution in [3.8, 4) is 5.75 Å². The molecule has 3 N–H and O–H groups in total. The molecule has 1 unspecified atom stereocenters. The summed E-state index contributed by atoms with van der Waals surface area (Å²) in [6, 6.07) is 6.20. The number of carboxylic acid groups (broad SMARTS) is 1. The molecule has 5 heteroatoms. The summed E-state index contributed by atoms with van der Waals surface area (Å²) in [5.74, 6) is 0.0727. The number of hydrogen-bond acceptors (Lipinski definition) is 3. The third-order valence-corrected chi connectivity index (χ3v) is 2.65. The van der Waals surface area contributed by atoms with Crippen molar-refractivity contribution < 1.29 is 20.1 Å². The summed E-state index contributed by atoms with van der Waals surface area (Å²) in [5, 5.41) is 27.7. The van der Waals surface area contributed by atoms with Crippen molar-refractivity contribution in [2.24, 2.45) is 0 Å². The highest BCUT2D eigenvalue weighted by atomic mass is 16.4. The molecule has 1 atom stereocenters. The Kier molecular flexibility index (Phi) is 4.78. The minimum absolute atomic E-state index is 0.0299. The van der Waals surface area contributed by atoms with Crippen LogP contribution in [-0.4, -0.2) is 39.5 Å². The van der Waals surface area contributed by atoms with E-state index in [2.05, 4.69) is 0 Å². The van der Waals surface area contributed by atoms with E-state index in [0.29, 0.717) is 12.0 Å². The number of aliphatic hydroxyl groups excluding tert-OH is 1. The molecule has 1 aromatic rings. The maximum Gasteiger partial charge on any atom is 0.407 e. The number of phenolic OH excluding ortho intramolecular Hbond substituents is 1. The number of phenols is 1. The first kappa shape index (κ1) is 13.3. The van der Waals surface area contributed by atoms with E-state index < -0.39 is 12.1 Å². The fourth-order valence-corrected chi connectivity index (χ4v) is 1.87. The number of carbonyl (C=O) groups is 1. The fourth-order valence-electron chi connectivity index (χ4n) is 1.87. The van der Waals surface area contributed by atoms with Gasteiger partial charge in [0.2, 0.25) is 0 Å². The first-order valence-corrected chi connectivity index (χ1v) is 5.50. The van der Waals surface area contributed by atoms with Crippen LogP contribution in [0.25, 0.3) is 0 Å². The Morgan fingerprint density at radius 2 is 2.06 bits per heavy atom. The Labute approximate surface area is 99.9 Å². The second kappa shape index (κ2) is 6.10. The monoisotopic (exact) mass is 239 g/mol. The first-order chi connectivity index (χ1) is 8.11. The molecule has 0 bridgehead atoms. The van der Waals surface area contributed by atoms with Gasteiger partial charge in [0.1, 0.15) is 5.75 Å². The zero-order valence-electron chi connectivity index (χ0n) is 9.71. The molecule has 94 valence electrons. The lowest BCUT2D eigenvalue weighted by Gasteiger charge is -2.28. The Bertz CT molecular complexity index is 381. The van der Waals surface area contributed by atoms with E-state index in [-0.39, 0.29) is 18.9 Å². The Morgan fingerprint density at radius 1 is 1.41 bits per heavy atom. The predicted molar refractivity (Wildman–Crippen MR) is 63.0 cm³/mol. The Hall–Kier alpha value is -1.75. The molecular weight excluding hydrogens is 222 g/mol. The van der Waals surface area contributed by atoms with E-state index in [1.165, 1.54) is 6.07 Å². The molecule has 1 rings (SSSR count). The van der Waals surface area contributed by atoms with Crippen molar-refractivity contribution in [2.45, 2.75) is 19.4 Å². The van der Waals surface area contributed by atoms with Gasteiger partial charge in [0.15, 0.2) is 0 Å². The summed E-state index contributed by atoms with van der Waals surface area (Å²) in [6.45, 7) is 1.63. The van der Waals surface area contributed by atoms with Crippen LogP contribution in [0.2, 0.25) is 0 Å². The number of aromatic hydroxyl groups is 1. The Morgan fingerprint density at radius 3 is 2.53 bits per heavy atom. The summed E-state index contributed by atoms with van der Waals surface area (Å²) in [7, 11) is 0. The van der Waals surface area contributed by atoms with Crippen molar-refractivity contribution in [2.75, 3.05) is 13.2 Å². The quantitative estimate of drug-likeness (QED) is 0.732. The highest BCUT2D eigenvalue weighted by Crippen LogP contribution is 2.30. The maximum absolute atomic E-state index is 11.1. The molecule has 0 saturated heterocycles. The molecule has 0 fully saturated rings. The van der Waals surface area contributed by atoms with Crippen LogP contribution in [0.1, 0.15) is 24.9 Å². The van der Waals surface area contributed by atoms with Gasteiger partial charge in [-0.15, -0.1) is 0 Å². The van der Waals surface area contributed by atoms with Crippen LogP contribution in [0.4, 0.5) is 4.79 Å². The second-order valence-electron chi connectivity index (χ2n) is 3.68. The first-order valence-electron chi connectivity index (χ1n) is 5.50. The average Bonchev–Trinajstić information content (AvgIpc) is 2.31. The van der Waals surface area contributed by atoms with Gasteiger partial charge in [-0.2, -0.15) is 0 Å². The van der Waals surface area contributed by atoms with Gasteiger partial charge >= 0.3 is 6.09 Å². The van der Waals surface area contributed by atoms with Crippen LogP contribution >= 0.6 is 0 Å². The standard InChI is InChI=1S/C12H17NO4/c1-2-10(13(7-8-14)12(16)17)9-5-3-4-6-11(9)15/h3-6,10,14-15H,2,7-8H2,1H3,(H,16,17). The molecule has 0 spiro atoms. The minimum atomic E-state index is -1.10. The largest absolute Gasteiger partial charge is 0.508 e. The lowest BCUT2D eigenvalue weighted by molar-refractivity contribution is 0.107. The zero-order chi connectivity index (χ0) is 12.8. The second-order valence-corrected chi connectivity index (χ2v) is 3.68. The molecular formula is C12H17NO4. The average molecular weight is 239 g/mol. The van der Waals surface area contributed by atoms with Crippen LogP contribution in [-0.2, 0) is 0 Å². The van der Waals surface area contributed by atoms with Gasteiger partial charge in [0.25, 0.3) is 0 Å². The van der Waals surface area contributed by atoms with Gasteiger partial charge in [0.05, 0.1) is 12.6 Å². The molecule has 17 heavy (non-hydrogen) atoms. The van der Waals surface area contributed by atoms with Crippen LogP contribution in [0.5, 0.6) is 5.75 Å². The van der Waals surface area contributed by atoms with E-state index in [1.807, 2.05) is 6.92 Å². The fraction of sp³-hybridized carbons (Fsp3) is 0.417. The molecule has 0 aromatic heterocycles. The van der Waals surface area contributed by atoms with Gasteiger partial charge < -0.3 is 15.3 Å². The summed E-state index contributed by atoms with van der Waals surface area (Å²) >= 11 is 0. The van der Waals surface area contributed by atoms with Gasteiger partial charge in [-0.3, -0.25) is 4.90 Å². The van der Waals surface area contributed by atoms with Crippen LogP contribution in [0.15, 0.2) is 24.3 Å². The molecule has 0 heterocycles. The van der Waals surface area contributed by atoms with E-state index in [1.54, 1.807) is 18.2 Å². The molecule has 0 aliphatic rings. The van der Waals surface area contributed by atoms with Crippen molar-refractivity contribution in [1.82, 2.24) is 4.90 Å². The number of aliphatic hydroxyl groups is 1. The lowest BCUT2D eigenvalue weighted by Crippen LogP contribution is -2.35. The number of amides is 1. The van der Waals surface area contributed by atoms with Gasteiger partial charge in [-0.05, 0) is 12.5 Å². The number of hydrogen-bond donors (Lipinski definition) is 3. The number of rotatable bonds is 5. The minimum Gasteiger partial charge on any atom is -0.508 e. The predicted octanol–water partition coefficient (Wildman–Crippen LogP) is 1.82. The molecule has 0 aliphatic carbocycles. The lowest BCUT2D eigenvalue weighted by atomic mass is 10.0.